The second-order valence-corrected chi connectivity index (χ2v) is 11.0. The maximum Gasteiger partial charge on any atom is 0.511 e. The van der Waals surface area contributed by atoms with Gasteiger partial charge in [-0.05, 0) is 37.0 Å². The first-order valence-electron chi connectivity index (χ1n) is 11.6. The van der Waals surface area contributed by atoms with Crippen LogP contribution in [0.4, 0.5) is 9.93 Å². The van der Waals surface area contributed by atoms with E-state index in [0.29, 0.717) is 11.3 Å². The number of hydrogen-bond donors (Lipinski definition) is 3. The Labute approximate surface area is 239 Å². The average molecular weight is 610 g/mol. The highest BCUT2D eigenvalue weighted by atomic mass is 32.2. The molecule has 2 aromatic heterocycles. The minimum absolute atomic E-state index is 0.0430. The second kappa shape index (κ2) is 12.4. The molecule has 4 rings (SSSR count). The van der Waals surface area contributed by atoms with Crippen LogP contribution in [0.25, 0.3) is 6.08 Å². The van der Waals surface area contributed by atoms with Gasteiger partial charge >= 0.3 is 12.1 Å². The van der Waals surface area contributed by atoms with E-state index in [1.54, 1.807) is 19.1 Å². The molecule has 2 aromatic rings. The SMILES string of the molecule is CCOC(=O)OC(C)OC(=O)C1=C(/C=C\c2nnsc2C)CS[C@H]2C(NC(=O)/C(=N\O)c3csc(N)n3)C(=O)N12. The van der Waals surface area contributed by atoms with Crippen molar-refractivity contribution >= 4 is 75.5 Å². The van der Waals surface area contributed by atoms with E-state index in [2.05, 4.69) is 25.0 Å². The second-order valence-electron chi connectivity index (χ2n) is 8.08. The number of aryl methyl sites for hydroxylation is 1. The lowest BCUT2D eigenvalue weighted by atomic mass is 10.0. The van der Waals surface area contributed by atoms with Crippen LogP contribution in [-0.2, 0) is 28.6 Å². The third kappa shape index (κ3) is 6.07. The van der Waals surface area contributed by atoms with Gasteiger partial charge in [-0.1, -0.05) is 15.7 Å². The Kier molecular flexibility index (Phi) is 9.00. The van der Waals surface area contributed by atoms with Gasteiger partial charge in [-0.25, -0.2) is 14.6 Å². The molecule has 0 spiro atoms. The van der Waals surface area contributed by atoms with E-state index in [-0.39, 0.29) is 28.9 Å². The highest BCUT2D eigenvalue weighted by Crippen LogP contribution is 2.41. The first kappa shape index (κ1) is 29.0. The Morgan fingerprint density at radius 3 is 2.75 bits per heavy atom. The first-order valence-corrected chi connectivity index (χ1v) is 14.3. The van der Waals surface area contributed by atoms with Crippen LogP contribution in [0.15, 0.2) is 27.9 Å². The maximum atomic E-state index is 13.3. The normalized spacial score (nSPS) is 19.6. The number of carbonyl (C=O) groups is 4. The molecule has 2 amide bonds. The largest absolute Gasteiger partial charge is 0.511 e. The molecule has 2 aliphatic rings. The number of nitrogens with two attached hydrogens (primary N) is 1. The first-order chi connectivity index (χ1) is 19.1. The molecule has 1 fully saturated rings. The van der Waals surface area contributed by atoms with Crippen molar-refractivity contribution in [3.63, 3.8) is 0 Å². The number of rotatable bonds is 9. The Bertz CT molecular complexity index is 1420. The quantitative estimate of drug-likeness (QED) is 0.0920. The van der Waals surface area contributed by atoms with Gasteiger partial charge in [0.15, 0.2) is 10.8 Å². The van der Waals surface area contributed by atoms with Gasteiger partial charge in [0.1, 0.15) is 28.5 Å². The van der Waals surface area contributed by atoms with Crippen molar-refractivity contribution in [2.75, 3.05) is 18.1 Å². The molecule has 0 aliphatic carbocycles. The van der Waals surface area contributed by atoms with E-state index in [4.69, 9.17) is 19.9 Å². The summed E-state index contributed by atoms with van der Waals surface area (Å²) >= 11 is 3.55. The molecular formula is C22H23N7O8S3. The third-order valence-corrected chi connectivity index (χ3v) is 8.11. The monoisotopic (exact) mass is 609 g/mol. The molecule has 0 aromatic carbocycles. The summed E-state index contributed by atoms with van der Waals surface area (Å²) in [7, 11) is 0. The Morgan fingerprint density at radius 1 is 1.35 bits per heavy atom. The molecule has 212 valence electrons. The van der Waals surface area contributed by atoms with Gasteiger partial charge < -0.3 is 30.5 Å². The van der Waals surface area contributed by atoms with Gasteiger partial charge in [-0.15, -0.1) is 28.2 Å². The number of nitrogen functional groups attached to an aromatic ring is 1. The molecule has 1 saturated heterocycles. The lowest BCUT2D eigenvalue weighted by Crippen LogP contribution is -2.71. The van der Waals surface area contributed by atoms with Crippen molar-refractivity contribution < 1.29 is 38.6 Å². The Hall–Kier alpha value is -4.03. The predicted molar refractivity (Wildman–Crippen MR) is 144 cm³/mol. The van der Waals surface area contributed by atoms with Crippen molar-refractivity contribution in [3.05, 3.63) is 39.0 Å². The number of hydrogen-bond acceptors (Lipinski definition) is 16. The van der Waals surface area contributed by atoms with E-state index in [9.17, 15) is 24.4 Å². The number of aromatic nitrogens is 3. The predicted octanol–water partition coefficient (Wildman–Crippen LogP) is 1.49. The van der Waals surface area contributed by atoms with Crippen LogP contribution in [0.2, 0.25) is 0 Å². The third-order valence-electron chi connectivity index (χ3n) is 5.48. The number of β-lactam (4-membered cyclic amide) rings is 1. The zero-order chi connectivity index (χ0) is 29.0. The van der Waals surface area contributed by atoms with Crippen molar-refractivity contribution in [1.82, 2.24) is 24.8 Å². The lowest BCUT2D eigenvalue weighted by Gasteiger charge is -2.49. The fraction of sp³-hybridized carbons (Fsp3) is 0.364. The van der Waals surface area contributed by atoms with Crippen LogP contribution in [0.5, 0.6) is 0 Å². The fourth-order valence-corrected chi connectivity index (χ4v) is 5.99. The zero-order valence-electron chi connectivity index (χ0n) is 21.2. The molecule has 0 radical (unpaired) electrons. The number of oxime groups is 1. The summed E-state index contributed by atoms with van der Waals surface area (Å²) in [6.07, 6.45) is 0.950. The van der Waals surface area contributed by atoms with Crippen molar-refractivity contribution in [1.29, 1.82) is 0 Å². The molecule has 2 unspecified atom stereocenters. The number of allylic oxidation sites excluding steroid dienone is 1. The number of nitrogens with zero attached hydrogens (tertiary/aromatic N) is 5. The van der Waals surface area contributed by atoms with Crippen LogP contribution in [-0.4, -0.2) is 84.4 Å². The van der Waals surface area contributed by atoms with E-state index >= 15 is 0 Å². The number of ether oxygens (including phenoxy) is 3. The smallest absolute Gasteiger partial charge is 0.435 e. The van der Waals surface area contributed by atoms with Gasteiger partial charge in [0.2, 0.25) is 6.29 Å². The van der Waals surface area contributed by atoms with Crippen molar-refractivity contribution in [3.8, 4) is 0 Å². The van der Waals surface area contributed by atoms with Crippen LogP contribution < -0.4 is 11.1 Å². The number of amides is 2. The molecule has 3 atom stereocenters. The number of esters is 1. The summed E-state index contributed by atoms with van der Waals surface area (Å²) in [4.78, 5) is 56.9. The number of carbonyl (C=O) groups excluding carboxylic acids is 4. The number of fused-ring (bicyclic) bond motifs is 1. The van der Waals surface area contributed by atoms with Crippen LogP contribution in [0, 0.1) is 6.92 Å². The molecule has 0 saturated carbocycles. The molecule has 4 heterocycles. The van der Waals surface area contributed by atoms with Gasteiger partial charge in [0.25, 0.3) is 11.8 Å². The van der Waals surface area contributed by atoms with Crippen LogP contribution in [0.1, 0.15) is 30.1 Å². The van der Waals surface area contributed by atoms with Crippen LogP contribution >= 0.6 is 34.6 Å². The average Bonchev–Trinajstić information content (AvgIpc) is 3.53. The van der Waals surface area contributed by atoms with Crippen LogP contribution in [0.3, 0.4) is 0 Å². The standard InChI is InChI=1S/C22H23N7O8S3/c1-4-35-22(33)37-10(3)36-20(32)16-11(5-6-12-9(2)40-28-26-12)7-38-19-15(18(31)29(16)19)25-17(30)14(27-34)13-8-39-21(23)24-13/h5-6,8,10,15,19,34H,4,7H2,1-3H3,(H2,23,24)(H,25,30)/b6-5-,27-14-/t10?,15?,19-/m0/s1. The van der Waals surface area contributed by atoms with Gasteiger partial charge in [-0.3, -0.25) is 14.5 Å². The summed E-state index contributed by atoms with van der Waals surface area (Å²) in [6.45, 7) is 4.82. The summed E-state index contributed by atoms with van der Waals surface area (Å²) < 4.78 is 18.8. The number of thiazole rings is 1. The molecule has 4 N–H and O–H groups in total. The minimum Gasteiger partial charge on any atom is -0.435 e. The van der Waals surface area contributed by atoms with Gasteiger partial charge in [-0.2, -0.15) is 0 Å². The Morgan fingerprint density at radius 2 is 2.12 bits per heavy atom. The summed E-state index contributed by atoms with van der Waals surface area (Å²) in [5, 5.41) is 19.8. The zero-order valence-corrected chi connectivity index (χ0v) is 23.7. The van der Waals surface area contributed by atoms with Gasteiger partial charge in [0, 0.05) is 22.9 Å². The van der Waals surface area contributed by atoms with Crippen molar-refractivity contribution in [2.24, 2.45) is 5.16 Å². The molecule has 40 heavy (non-hydrogen) atoms. The van der Waals surface area contributed by atoms with E-state index in [0.717, 1.165) is 16.2 Å². The molecule has 18 heteroatoms. The van der Waals surface area contributed by atoms with E-state index in [1.165, 1.54) is 40.5 Å². The maximum absolute atomic E-state index is 13.3. The molecule has 15 nitrogen and oxygen atoms in total. The van der Waals surface area contributed by atoms with E-state index < -0.39 is 47.4 Å². The summed E-state index contributed by atoms with van der Waals surface area (Å²) in [5.41, 5.74) is 6.17. The number of thioether (sulfide) groups is 1. The summed E-state index contributed by atoms with van der Waals surface area (Å²) in [5.74, 6) is -2.13. The summed E-state index contributed by atoms with van der Waals surface area (Å²) in [6, 6.07) is -1.04. The highest BCUT2D eigenvalue weighted by Gasteiger charge is 2.54. The number of nitrogens with one attached hydrogen (secondary N) is 1. The Balaban J connectivity index is 1.56. The molecule has 0 bridgehead atoms. The molecule has 2 aliphatic heterocycles. The number of anilines is 1. The van der Waals surface area contributed by atoms with E-state index in [1.807, 2.05) is 6.92 Å². The molecular weight excluding hydrogens is 586 g/mol. The van der Waals surface area contributed by atoms with Crippen molar-refractivity contribution in [2.45, 2.75) is 38.5 Å². The fourth-order valence-electron chi connectivity index (χ4n) is 3.67. The topological polar surface area (TPSA) is 209 Å². The highest BCUT2D eigenvalue weighted by molar-refractivity contribution is 8.00. The van der Waals surface area contributed by atoms with Gasteiger partial charge in [0.05, 0.1) is 6.61 Å². The lowest BCUT2D eigenvalue weighted by molar-refractivity contribution is -0.168. The minimum atomic E-state index is -1.32.